The molecule has 6 nitrogen and oxygen atoms in total. The van der Waals surface area contributed by atoms with E-state index in [-0.39, 0.29) is 5.57 Å². The first-order valence-electron chi connectivity index (χ1n) is 7.15. The minimum Gasteiger partial charge on any atom is -0.457 e. The van der Waals surface area contributed by atoms with Crippen molar-refractivity contribution in [3.8, 4) is 5.75 Å². The van der Waals surface area contributed by atoms with Gasteiger partial charge < -0.3 is 10.1 Å². The second kappa shape index (κ2) is 7.09. The van der Waals surface area contributed by atoms with E-state index in [2.05, 4.69) is 21.2 Å². The van der Waals surface area contributed by atoms with Crippen LogP contribution in [-0.4, -0.2) is 16.1 Å². The maximum Gasteiger partial charge on any atom is 0.266 e. The van der Waals surface area contributed by atoms with Crippen LogP contribution in [0.5, 0.6) is 5.75 Å². The molecule has 0 spiro atoms. The van der Waals surface area contributed by atoms with Crippen LogP contribution in [0.25, 0.3) is 0 Å². The van der Waals surface area contributed by atoms with Gasteiger partial charge in [-0.05, 0) is 30.4 Å². The van der Waals surface area contributed by atoms with Gasteiger partial charge in [0.05, 0.1) is 17.5 Å². The topological polar surface area (TPSA) is 84.1 Å². The highest BCUT2D eigenvalue weighted by atomic mass is 16.5. The van der Waals surface area contributed by atoms with E-state index < -0.39 is 11.5 Å². The first-order chi connectivity index (χ1) is 11.7. The Labute approximate surface area is 137 Å². The van der Waals surface area contributed by atoms with Crippen LogP contribution in [0.15, 0.2) is 88.8 Å². The Morgan fingerprint density at radius 3 is 2.88 bits per heavy atom. The number of H-pyrrole nitrogens is 1. The molecule has 0 bridgehead atoms. The van der Waals surface area contributed by atoms with E-state index in [1.54, 1.807) is 30.4 Å². The maximum atomic E-state index is 12.5. The van der Waals surface area contributed by atoms with Crippen molar-refractivity contribution in [1.82, 2.24) is 10.2 Å². The van der Waals surface area contributed by atoms with Gasteiger partial charge in [0.15, 0.2) is 0 Å². The summed E-state index contributed by atoms with van der Waals surface area (Å²) >= 11 is 0. The van der Waals surface area contributed by atoms with Gasteiger partial charge in [0.2, 0.25) is 0 Å². The van der Waals surface area contributed by atoms with Gasteiger partial charge in [0, 0.05) is 6.07 Å². The van der Waals surface area contributed by atoms with Crippen molar-refractivity contribution in [2.45, 2.75) is 0 Å². The average molecular weight is 319 g/mol. The zero-order chi connectivity index (χ0) is 16.8. The molecule has 0 saturated heterocycles. The van der Waals surface area contributed by atoms with E-state index in [4.69, 9.17) is 4.74 Å². The molecule has 2 N–H and O–H groups in total. The number of aromatic amines is 1. The molecular formula is C18H13N3O3. The second-order valence-corrected chi connectivity index (χ2v) is 4.82. The highest BCUT2D eigenvalue weighted by Gasteiger charge is 2.15. The van der Waals surface area contributed by atoms with Crippen molar-refractivity contribution >= 4 is 11.6 Å². The van der Waals surface area contributed by atoms with E-state index in [9.17, 15) is 9.59 Å². The van der Waals surface area contributed by atoms with E-state index >= 15 is 0 Å². The quantitative estimate of drug-likeness (QED) is 0.847. The number of hydrogen-bond acceptors (Lipinski definition) is 4. The van der Waals surface area contributed by atoms with Gasteiger partial charge in [-0.1, -0.05) is 24.3 Å². The third kappa shape index (κ3) is 3.76. The number of allylic oxidation sites excluding steroid dienone is 2. The van der Waals surface area contributed by atoms with Crippen LogP contribution >= 0.6 is 0 Å². The van der Waals surface area contributed by atoms with Gasteiger partial charge >= 0.3 is 0 Å². The number of benzene rings is 1. The Balaban J connectivity index is 1.90. The summed E-state index contributed by atoms with van der Waals surface area (Å²) < 4.78 is 5.79. The monoisotopic (exact) mass is 319 g/mol. The minimum atomic E-state index is -0.430. The molecule has 2 aromatic rings. The number of ether oxygens (including phenoxy) is 1. The molecule has 3 rings (SSSR count). The molecule has 1 aromatic carbocycles. The van der Waals surface area contributed by atoms with Crippen molar-refractivity contribution < 1.29 is 9.53 Å². The van der Waals surface area contributed by atoms with Crippen molar-refractivity contribution in [2.75, 3.05) is 5.32 Å². The SMILES string of the molecule is O=C(Nc1cn[nH]c(=O)c1)C1=C(Oc2ccccc2)C=CC=C=C1. The number of hydrogen-bond donors (Lipinski definition) is 2. The molecule has 0 aliphatic heterocycles. The molecule has 24 heavy (non-hydrogen) atoms. The second-order valence-electron chi connectivity index (χ2n) is 4.82. The molecule has 118 valence electrons. The lowest BCUT2D eigenvalue weighted by Crippen LogP contribution is -2.18. The Bertz CT molecular complexity index is 933. The number of nitrogens with zero attached hydrogens (tertiary/aromatic N) is 1. The maximum absolute atomic E-state index is 12.5. The Morgan fingerprint density at radius 1 is 1.25 bits per heavy atom. The molecule has 1 aliphatic carbocycles. The number of nitrogens with one attached hydrogen (secondary N) is 2. The van der Waals surface area contributed by atoms with E-state index in [1.165, 1.54) is 18.3 Å². The van der Waals surface area contributed by atoms with E-state index in [0.29, 0.717) is 17.2 Å². The number of rotatable bonds is 4. The van der Waals surface area contributed by atoms with Gasteiger partial charge in [-0.2, -0.15) is 5.10 Å². The predicted octanol–water partition coefficient (Wildman–Crippen LogP) is 2.32. The Kier molecular flexibility index (Phi) is 4.51. The van der Waals surface area contributed by atoms with Gasteiger partial charge in [0.25, 0.3) is 11.5 Å². The molecule has 1 heterocycles. The fraction of sp³-hybridized carbons (Fsp3) is 0. The van der Waals surface area contributed by atoms with Crippen LogP contribution in [0.1, 0.15) is 0 Å². The molecule has 1 aromatic heterocycles. The van der Waals surface area contributed by atoms with Crippen molar-refractivity contribution in [3.05, 3.63) is 94.3 Å². The lowest BCUT2D eigenvalue weighted by Gasteiger charge is -2.11. The zero-order valence-electron chi connectivity index (χ0n) is 12.5. The van der Waals surface area contributed by atoms with Gasteiger partial charge in [-0.3, -0.25) is 9.59 Å². The molecule has 0 fully saturated rings. The summed E-state index contributed by atoms with van der Waals surface area (Å²) in [4.78, 5) is 23.8. The van der Waals surface area contributed by atoms with Crippen LogP contribution in [0, 0.1) is 0 Å². The average Bonchev–Trinajstić information content (AvgIpc) is 2.81. The molecule has 0 saturated carbocycles. The first-order valence-corrected chi connectivity index (χ1v) is 7.15. The van der Waals surface area contributed by atoms with Gasteiger partial charge in [-0.15, -0.1) is 5.73 Å². The largest absolute Gasteiger partial charge is 0.457 e. The summed E-state index contributed by atoms with van der Waals surface area (Å²) in [7, 11) is 0. The number of aromatic nitrogens is 2. The van der Waals surface area contributed by atoms with Gasteiger partial charge in [-0.25, -0.2) is 5.10 Å². The van der Waals surface area contributed by atoms with Crippen molar-refractivity contribution in [2.24, 2.45) is 0 Å². The minimum absolute atomic E-state index is 0.282. The number of amides is 1. The molecule has 0 radical (unpaired) electrons. The number of carbonyl (C=O) groups excluding carboxylic acids is 1. The highest BCUT2D eigenvalue weighted by Crippen LogP contribution is 2.19. The standard InChI is InChI=1S/C18H13N3O3/c22-17-11-13(12-19-21-17)20-18(23)15-9-5-2-6-10-16(15)24-14-7-3-1-4-8-14/h1-4,6-12H,(H2,20,21,22,23). The number of para-hydroxylation sites is 1. The number of carbonyl (C=O) groups is 1. The summed E-state index contributed by atoms with van der Waals surface area (Å²) in [5.41, 5.74) is 3.04. The lowest BCUT2D eigenvalue weighted by atomic mass is 10.2. The normalized spacial score (nSPS) is 12.8. The fourth-order valence-electron chi connectivity index (χ4n) is 2.01. The van der Waals surface area contributed by atoms with Crippen LogP contribution in [0.2, 0.25) is 0 Å². The van der Waals surface area contributed by atoms with Crippen LogP contribution in [0.4, 0.5) is 5.69 Å². The summed E-state index contributed by atoms with van der Waals surface area (Å²) in [6, 6.07) is 10.4. The zero-order valence-corrected chi connectivity index (χ0v) is 12.5. The summed E-state index contributed by atoms with van der Waals surface area (Å²) in [6.45, 7) is 0. The van der Waals surface area contributed by atoms with Gasteiger partial charge in [0.1, 0.15) is 11.5 Å². The highest BCUT2D eigenvalue weighted by molar-refractivity contribution is 6.06. The van der Waals surface area contributed by atoms with E-state index in [1.807, 2.05) is 18.2 Å². The molecule has 0 unspecified atom stereocenters. The molecule has 1 amide bonds. The molecule has 0 atom stereocenters. The Morgan fingerprint density at radius 2 is 2.08 bits per heavy atom. The van der Waals surface area contributed by atoms with Crippen molar-refractivity contribution in [1.29, 1.82) is 0 Å². The summed E-state index contributed by atoms with van der Waals surface area (Å²) in [6.07, 6.45) is 7.94. The van der Waals surface area contributed by atoms with Crippen LogP contribution in [-0.2, 0) is 4.79 Å². The molecule has 6 heteroatoms. The first kappa shape index (κ1) is 15.3. The summed E-state index contributed by atoms with van der Waals surface area (Å²) in [5.74, 6) is 0.550. The predicted molar refractivity (Wildman–Crippen MR) is 89.4 cm³/mol. The van der Waals surface area contributed by atoms with Crippen LogP contribution < -0.4 is 15.6 Å². The lowest BCUT2D eigenvalue weighted by molar-refractivity contribution is -0.112. The summed E-state index contributed by atoms with van der Waals surface area (Å²) in [5, 5.41) is 8.51. The molecular weight excluding hydrogens is 306 g/mol. The fourth-order valence-corrected chi connectivity index (χ4v) is 2.01. The third-order valence-corrected chi connectivity index (χ3v) is 3.07. The van der Waals surface area contributed by atoms with E-state index in [0.717, 1.165) is 0 Å². The Hall–Kier alpha value is -3.63. The third-order valence-electron chi connectivity index (χ3n) is 3.07. The smallest absolute Gasteiger partial charge is 0.266 e. The van der Waals surface area contributed by atoms with Crippen molar-refractivity contribution in [3.63, 3.8) is 0 Å². The molecule has 1 aliphatic rings. The number of anilines is 1. The van der Waals surface area contributed by atoms with Crippen LogP contribution in [0.3, 0.4) is 0 Å².